The van der Waals surface area contributed by atoms with Crippen LogP contribution in [0, 0.1) is 0 Å². The van der Waals surface area contributed by atoms with Gasteiger partial charge in [0.2, 0.25) is 5.89 Å². The number of halogens is 1. The first-order chi connectivity index (χ1) is 10.8. The highest BCUT2D eigenvalue weighted by atomic mass is 35.5. The average Bonchev–Trinajstić information content (AvgIpc) is 2.99. The van der Waals surface area contributed by atoms with Crippen molar-refractivity contribution in [1.82, 2.24) is 15.0 Å². The van der Waals surface area contributed by atoms with E-state index in [1.165, 1.54) is 0 Å². The van der Waals surface area contributed by atoms with E-state index in [1.807, 2.05) is 48.5 Å². The number of nitrogens with zero attached hydrogens (tertiary/aromatic N) is 3. The average molecular weight is 308 g/mol. The highest BCUT2D eigenvalue weighted by molar-refractivity contribution is 6.50. The van der Waals surface area contributed by atoms with Gasteiger partial charge in [-0.3, -0.25) is 4.98 Å². The van der Waals surface area contributed by atoms with Crippen LogP contribution in [0.2, 0.25) is 0 Å². The third kappa shape index (κ3) is 2.34. The highest BCUT2D eigenvalue weighted by Gasteiger charge is 2.09. The van der Waals surface area contributed by atoms with Crippen LogP contribution >= 0.6 is 11.6 Å². The molecule has 4 rings (SSSR count). The van der Waals surface area contributed by atoms with Crippen molar-refractivity contribution in [3.63, 3.8) is 0 Å². The van der Waals surface area contributed by atoms with E-state index in [4.69, 9.17) is 16.0 Å². The summed E-state index contributed by atoms with van der Waals surface area (Å²) >= 11 is 6.30. The molecule has 4 aromatic rings. The molecule has 0 saturated heterocycles. The van der Waals surface area contributed by atoms with Crippen molar-refractivity contribution < 1.29 is 4.42 Å². The SMILES string of the molecule is Cl/C(=C\c1cnc2ccccc2n1)c1nc2ccccc2o1. The van der Waals surface area contributed by atoms with E-state index in [0.29, 0.717) is 22.2 Å². The molecule has 2 aromatic carbocycles. The van der Waals surface area contributed by atoms with Crippen LogP contribution in [-0.2, 0) is 0 Å². The summed E-state index contributed by atoms with van der Waals surface area (Å²) in [6.45, 7) is 0. The van der Waals surface area contributed by atoms with E-state index in [2.05, 4.69) is 15.0 Å². The van der Waals surface area contributed by atoms with Crippen LogP contribution in [0.4, 0.5) is 0 Å². The number of benzene rings is 2. The summed E-state index contributed by atoms with van der Waals surface area (Å²) in [7, 11) is 0. The van der Waals surface area contributed by atoms with Crippen LogP contribution < -0.4 is 0 Å². The number of fused-ring (bicyclic) bond motifs is 2. The highest BCUT2D eigenvalue weighted by Crippen LogP contribution is 2.25. The molecule has 5 heteroatoms. The Morgan fingerprint density at radius 2 is 1.64 bits per heavy atom. The molecule has 0 amide bonds. The van der Waals surface area contributed by atoms with Gasteiger partial charge in [-0.1, -0.05) is 35.9 Å². The van der Waals surface area contributed by atoms with Gasteiger partial charge in [-0.15, -0.1) is 0 Å². The Bertz CT molecular complexity index is 974. The summed E-state index contributed by atoms with van der Waals surface area (Å²) in [5, 5.41) is 0.390. The Morgan fingerprint density at radius 1 is 0.909 bits per heavy atom. The summed E-state index contributed by atoms with van der Waals surface area (Å²) in [5.74, 6) is 0.373. The predicted molar refractivity (Wildman–Crippen MR) is 87.3 cm³/mol. The summed E-state index contributed by atoms with van der Waals surface area (Å²) in [5.41, 5.74) is 3.80. The second kappa shape index (κ2) is 5.24. The maximum Gasteiger partial charge on any atom is 0.239 e. The molecule has 0 aliphatic rings. The molecule has 4 nitrogen and oxygen atoms in total. The predicted octanol–water partition coefficient (Wildman–Crippen LogP) is 4.51. The number of oxazole rings is 1. The number of aromatic nitrogens is 3. The Morgan fingerprint density at radius 3 is 2.45 bits per heavy atom. The Kier molecular flexibility index (Phi) is 3.09. The zero-order chi connectivity index (χ0) is 14.9. The number of rotatable bonds is 2. The number of hydrogen-bond donors (Lipinski definition) is 0. The quantitative estimate of drug-likeness (QED) is 0.547. The van der Waals surface area contributed by atoms with Gasteiger partial charge in [-0.25, -0.2) is 9.97 Å². The van der Waals surface area contributed by atoms with Gasteiger partial charge >= 0.3 is 0 Å². The summed E-state index contributed by atoms with van der Waals surface area (Å²) < 4.78 is 5.63. The topological polar surface area (TPSA) is 51.8 Å². The Balaban J connectivity index is 1.76. The molecular formula is C17H10ClN3O. The van der Waals surface area contributed by atoms with Gasteiger partial charge in [0.15, 0.2) is 5.58 Å². The fourth-order valence-corrected chi connectivity index (χ4v) is 2.40. The van der Waals surface area contributed by atoms with Crippen LogP contribution in [0.5, 0.6) is 0 Å². The van der Waals surface area contributed by atoms with E-state index in [-0.39, 0.29) is 0 Å². The molecule has 0 radical (unpaired) electrons. The van der Waals surface area contributed by atoms with Gasteiger partial charge in [-0.2, -0.15) is 0 Å². The first-order valence-electron chi connectivity index (χ1n) is 6.74. The van der Waals surface area contributed by atoms with Crippen LogP contribution in [0.25, 0.3) is 33.2 Å². The van der Waals surface area contributed by atoms with Gasteiger partial charge in [0.05, 0.1) is 22.9 Å². The molecule has 0 aliphatic heterocycles. The zero-order valence-corrected chi connectivity index (χ0v) is 12.2. The van der Waals surface area contributed by atoms with Crippen LogP contribution in [-0.4, -0.2) is 15.0 Å². The minimum atomic E-state index is 0.373. The molecule has 0 atom stereocenters. The van der Waals surface area contributed by atoms with Gasteiger partial charge in [-0.05, 0) is 30.3 Å². The fourth-order valence-electron chi connectivity index (χ4n) is 2.21. The van der Waals surface area contributed by atoms with Crippen molar-refractivity contribution in [2.75, 3.05) is 0 Å². The molecule has 0 unspecified atom stereocenters. The van der Waals surface area contributed by atoms with E-state index < -0.39 is 0 Å². The smallest absolute Gasteiger partial charge is 0.239 e. The molecule has 0 bridgehead atoms. The summed E-state index contributed by atoms with van der Waals surface area (Å²) in [4.78, 5) is 13.2. The second-order valence-electron chi connectivity index (χ2n) is 4.76. The minimum Gasteiger partial charge on any atom is -0.435 e. The molecule has 22 heavy (non-hydrogen) atoms. The monoisotopic (exact) mass is 307 g/mol. The van der Waals surface area contributed by atoms with Crippen LogP contribution in [0.1, 0.15) is 11.6 Å². The van der Waals surface area contributed by atoms with Gasteiger partial charge in [0.25, 0.3) is 0 Å². The van der Waals surface area contributed by atoms with Crippen LogP contribution in [0.3, 0.4) is 0 Å². The van der Waals surface area contributed by atoms with E-state index in [1.54, 1.807) is 12.3 Å². The summed E-state index contributed by atoms with van der Waals surface area (Å²) in [6.07, 6.45) is 3.37. The largest absolute Gasteiger partial charge is 0.435 e. The third-order valence-corrected chi connectivity index (χ3v) is 3.51. The first-order valence-corrected chi connectivity index (χ1v) is 7.12. The molecule has 106 valence electrons. The molecule has 0 saturated carbocycles. The lowest BCUT2D eigenvalue weighted by Crippen LogP contribution is -1.87. The van der Waals surface area contributed by atoms with Crippen LogP contribution in [0.15, 0.2) is 59.1 Å². The maximum absolute atomic E-state index is 6.30. The van der Waals surface area contributed by atoms with Gasteiger partial charge in [0, 0.05) is 0 Å². The van der Waals surface area contributed by atoms with Crippen molar-refractivity contribution in [1.29, 1.82) is 0 Å². The lowest BCUT2D eigenvalue weighted by molar-refractivity contribution is 0.588. The van der Waals surface area contributed by atoms with Gasteiger partial charge < -0.3 is 4.42 Å². The first kappa shape index (κ1) is 13.0. The molecule has 2 heterocycles. The number of hydrogen-bond acceptors (Lipinski definition) is 4. The molecule has 0 spiro atoms. The Labute approximate surface area is 131 Å². The van der Waals surface area contributed by atoms with Gasteiger partial charge in [0.1, 0.15) is 10.5 Å². The normalized spacial score (nSPS) is 12.1. The fraction of sp³-hybridized carbons (Fsp3) is 0. The van der Waals surface area contributed by atoms with E-state index in [0.717, 1.165) is 16.6 Å². The number of para-hydroxylation sites is 4. The van der Waals surface area contributed by atoms with Crippen molar-refractivity contribution >= 4 is 44.8 Å². The summed E-state index contributed by atoms with van der Waals surface area (Å²) in [6, 6.07) is 15.2. The minimum absolute atomic E-state index is 0.373. The molecule has 0 fully saturated rings. The molecular weight excluding hydrogens is 298 g/mol. The van der Waals surface area contributed by atoms with Crippen molar-refractivity contribution in [2.45, 2.75) is 0 Å². The van der Waals surface area contributed by atoms with Crippen molar-refractivity contribution in [3.05, 3.63) is 66.3 Å². The maximum atomic E-state index is 6.30. The molecule has 2 aromatic heterocycles. The lowest BCUT2D eigenvalue weighted by Gasteiger charge is -1.98. The third-order valence-electron chi connectivity index (χ3n) is 3.24. The van der Waals surface area contributed by atoms with Crippen molar-refractivity contribution in [3.8, 4) is 0 Å². The van der Waals surface area contributed by atoms with E-state index >= 15 is 0 Å². The van der Waals surface area contributed by atoms with E-state index in [9.17, 15) is 0 Å². The van der Waals surface area contributed by atoms with Crippen molar-refractivity contribution in [2.24, 2.45) is 0 Å². The second-order valence-corrected chi connectivity index (χ2v) is 5.17. The lowest BCUT2D eigenvalue weighted by atomic mass is 10.3. The zero-order valence-electron chi connectivity index (χ0n) is 11.4. The molecule has 0 aliphatic carbocycles. The Hall–Kier alpha value is -2.72. The molecule has 0 N–H and O–H groups in total. The standard InChI is InChI=1S/C17H10ClN3O/c18-12(17-21-15-7-3-4-8-16(15)22-17)9-11-10-19-13-5-1-2-6-14(13)20-11/h1-10H/b12-9-.